The van der Waals surface area contributed by atoms with E-state index in [1.165, 1.54) is 0 Å². The van der Waals surface area contributed by atoms with Crippen molar-refractivity contribution in [1.82, 2.24) is 9.78 Å². The minimum atomic E-state index is 0.332. The largest absolute Gasteiger partial charge is 0.454 e. The number of nitrogens with zero attached hydrogens (tertiary/aromatic N) is 2. The van der Waals surface area contributed by atoms with Gasteiger partial charge in [0.1, 0.15) is 5.75 Å². The summed E-state index contributed by atoms with van der Waals surface area (Å²) in [6, 6.07) is 7.18. The molecule has 0 saturated carbocycles. The lowest BCUT2D eigenvalue weighted by atomic mass is 10.3. The molecule has 15 heavy (non-hydrogen) atoms. The molecule has 1 heterocycles. The molecule has 2 aromatic rings. The van der Waals surface area contributed by atoms with Gasteiger partial charge >= 0.3 is 0 Å². The van der Waals surface area contributed by atoms with Gasteiger partial charge in [-0.15, -0.1) is 0 Å². The molecule has 0 aliphatic rings. The fourth-order valence-electron chi connectivity index (χ4n) is 1.16. The Morgan fingerprint density at radius 3 is 2.93 bits per heavy atom. The third-order valence-corrected chi connectivity index (χ3v) is 2.06. The van der Waals surface area contributed by atoms with Crippen molar-refractivity contribution in [1.29, 1.82) is 0 Å². The third kappa shape index (κ3) is 2.49. The molecule has 0 saturated heterocycles. The van der Waals surface area contributed by atoms with E-state index >= 15 is 0 Å². The highest BCUT2D eigenvalue weighted by atomic mass is 35.5. The van der Waals surface area contributed by atoms with Crippen LogP contribution in [0.3, 0.4) is 0 Å². The molecule has 0 amide bonds. The van der Waals surface area contributed by atoms with Crippen LogP contribution in [0.1, 0.15) is 0 Å². The minimum absolute atomic E-state index is 0.332. The molecule has 5 heteroatoms. The Morgan fingerprint density at radius 1 is 1.40 bits per heavy atom. The van der Waals surface area contributed by atoms with Gasteiger partial charge in [-0.1, -0.05) is 17.7 Å². The molecular formula is C10H10ClN3O. The quantitative estimate of drug-likeness (QED) is 0.868. The van der Waals surface area contributed by atoms with Gasteiger partial charge in [-0.05, 0) is 18.2 Å². The average molecular weight is 224 g/mol. The topological polar surface area (TPSA) is 53.1 Å². The molecule has 0 spiro atoms. The SMILES string of the molecule is NCn1cc(Oc2cccc(Cl)c2)cn1. The molecule has 0 fully saturated rings. The first-order valence-electron chi connectivity index (χ1n) is 4.44. The molecule has 0 bridgehead atoms. The monoisotopic (exact) mass is 223 g/mol. The van der Waals surface area contributed by atoms with E-state index in [1.807, 2.05) is 12.1 Å². The number of benzene rings is 1. The summed E-state index contributed by atoms with van der Waals surface area (Å²) in [7, 11) is 0. The van der Waals surface area contributed by atoms with E-state index in [9.17, 15) is 0 Å². The second-order valence-electron chi connectivity index (χ2n) is 2.96. The molecule has 2 N–H and O–H groups in total. The van der Waals surface area contributed by atoms with Crippen molar-refractivity contribution in [3.05, 3.63) is 41.7 Å². The Hall–Kier alpha value is -1.52. The smallest absolute Gasteiger partial charge is 0.165 e. The minimum Gasteiger partial charge on any atom is -0.454 e. The summed E-state index contributed by atoms with van der Waals surface area (Å²) in [6.45, 7) is 0.332. The van der Waals surface area contributed by atoms with Gasteiger partial charge in [-0.25, -0.2) is 0 Å². The average Bonchev–Trinajstić information content (AvgIpc) is 2.65. The molecule has 4 nitrogen and oxygen atoms in total. The van der Waals surface area contributed by atoms with E-state index in [0.717, 1.165) is 0 Å². The lowest BCUT2D eigenvalue weighted by molar-refractivity contribution is 0.481. The van der Waals surface area contributed by atoms with Gasteiger partial charge in [0.25, 0.3) is 0 Å². The molecule has 1 aromatic heterocycles. The summed E-state index contributed by atoms with van der Waals surface area (Å²) >= 11 is 5.82. The molecule has 78 valence electrons. The van der Waals surface area contributed by atoms with Gasteiger partial charge in [0.2, 0.25) is 0 Å². The molecule has 2 rings (SSSR count). The van der Waals surface area contributed by atoms with E-state index in [4.69, 9.17) is 22.1 Å². The van der Waals surface area contributed by atoms with Gasteiger partial charge in [0, 0.05) is 5.02 Å². The second kappa shape index (κ2) is 4.33. The summed E-state index contributed by atoms with van der Waals surface area (Å²) in [5.41, 5.74) is 5.40. The maximum atomic E-state index is 5.82. The highest BCUT2D eigenvalue weighted by molar-refractivity contribution is 6.30. The van der Waals surface area contributed by atoms with Gasteiger partial charge < -0.3 is 10.5 Å². The van der Waals surface area contributed by atoms with Crippen molar-refractivity contribution in [3.63, 3.8) is 0 Å². The first kappa shape index (κ1) is 10.0. The van der Waals surface area contributed by atoms with Crippen molar-refractivity contribution >= 4 is 11.6 Å². The normalized spacial score (nSPS) is 10.3. The van der Waals surface area contributed by atoms with Crippen molar-refractivity contribution in [3.8, 4) is 11.5 Å². The molecule has 1 aromatic carbocycles. The van der Waals surface area contributed by atoms with Gasteiger partial charge in [-0.2, -0.15) is 5.10 Å². The van der Waals surface area contributed by atoms with E-state index < -0.39 is 0 Å². The van der Waals surface area contributed by atoms with Crippen molar-refractivity contribution in [2.24, 2.45) is 5.73 Å². The zero-order valence-corrected chi connectivity index (χ0v) is 8.69. The van der Waals surface area contributed by atoms with Crippen LogP contribution in [0, 0.1) is 0 Å². The molecule has 0 atom stereocenters. The maximum Gasteiger partial charge on any atom is 0.165 e. The highest BCUT2D eigenvalue weighted by Crippen LogP contribution is 2.23. The first-order valence-corrected chi connectivity index (χ1v) is 4.81. The van der Waals surface area contributed by atoms with Gasteiger partial charge in [0.05, 0.1) is 19.1 Å². The maximum absolute atomic E-state index is 5.82. The van der Waals surface area contributed by atoms with E-state index in [1.54, 1.807) is 29.2 Å². The number of hydrogen-bond acceptors (Lipinski definition) is 3. The zero-order valence-electron chi connectivity index (χ0n) is 7.93. The predicted molar refractivity (Wildman–Crippen MR) is 57.9 cm³/mol. The van der Waals surface area contributed by atoms with Crippen LogP contribution in [0.15, 0.2) is 36.7 Å². The van der Waals surface area contributed by atoms with Gasteiger partial charge in [-0.3, -0.25) is 4.68 Å². The van der Waals surface area contributed by atoms with Crippen LogP contribution in [-0.2, 0) is 6.67 Å². The number of halogens is 1. The van der Waals surface area contributed by atoms with Crippen LogP contribution < -0.4 is 10.5 Å². The van der Waals surface area contributed by atoms with Crippen LogP contribution in [0.25, 0.3) is 0 Å². The highest BCUT2D eigenvalue weighted by Gasteiger charge is 2.00. The van der Waals surface area contributed by atoms with E-state index in [0.29, 0.717) is 23.2 Å². The summed E-state index contributed by atoms with van der Waals surface area (Å²) in [5, 5.41) is 4.62. The lowest BCUT2D eigenvalue weighted by Gasteiger charge is -2.01. The first-order chi connectivity index (χ1) is 7.28. The Kier molecular flexibility index (Phi) is 2.89. The summed E-state index contributed by atoms with van der Waals surface area (Å²) in [4.78, 5) is 0. The molecule has 0 aliphatic carbocycles. The molecule has 0 unspecified atom stereocenters. The Balaban J connectivity index is 2.14. The van der Waals surface area contributed by atoms with Crippen molar-refractivity contribution in [2.75, 3.05) is 0 Å². The number of ether oxygens (including phenoxy) is 1. The fourth-order valence-corrected chi connectivity index (χ4v) is 1.34. The summed E-state index contributed by atoms with van der Waals surface area (Å²) in [6.07, 6.45) is 3.33. The summed E-state index contributed by atoms with van der Waals surface area (Å²) < 4.78 is 7.10. The van der Waals surface area contributed by atoms with Crippen LogP contribution in [-0.4, -0.2) is 9.78 Å². The Morgan fingerprint density at radius 2 is 2.27 bits per heavy atom. The predicted octanol–water partition coefficient (Wildman–Crippen LogP) is 2.25. The number of aromatic nitrogens is 2. The van der Waals surface area contributed by atoms with Crippen molar-refractivity contribution in [2.45, 2.75) is 6.67 Å². The van der Waals surface area contributed by atoms with E-state index in [2.05, 4.69) is 5.10 Å². The number of rotatable bonds is 3. The number of hydrogen-bond donors (Lipinski definition) is 1. The van der Waals surface area contributed by atoms with Gasteiger partial charge in [0.15, 0.2) is 5.75 Å². The molecule has 0 radical (unpaired) electrons. The van der Waals surface area contributed by atoms with E-state index in [-0.39, 0.29) is 0 Å². The molecular weight excluding hydrogens is 214 g/mol. The van der Waals surface area contributed by atoms with Crippen molar-refractivity contribution < 1.29 is 4.74 Å². The van der Waals surface area contributed by atoms with Crippen LogP contribution >= 0.6 is 11.6 Å². The van der Waals surface area contributed by atoms with Crippen LogP contribution in [0.5, 0.6) is 11.5 Å². The Labute approximate surface area is 92.2 Å². The standard InChI is InChI=1S/C10H10ClN3O/c11-8-2-1-3-9(4-8)15-10-5-13-14(6-10)7-12/h1-6H,7,12H2. The number of nitrogens with two attached hydrogens (primary N) is 1. The third-order valence-electron chi connectivity index (χ3n) is 1.83. The lowest BCUT2D eigenvalue weighted by Crippen LogP contribution is -2.06. The summed E-state index contributed by atoms with van der Waals surface area (Å²) in [5.74, 6) is 1.32. The van der Waals surface area contributed by atoms with Crippen LogP contribution in [0.2, 0.25) is 5.02 Å². The second-order valence-corrected chi connectivity index (χ2v) is 3.39. The fraction of sp³-hybridized carbons (Fsp3) is 0.100. The molecule has 0 aliphatic heterocycles. The Bertz CT molecular complexity index is 455. The van der Waals surface area contributed by atoms with Crippen LogP contribution in [0.4, 0.5) is 0 Å². The zero-order chi connectivity index (χ0) is 10.7.